The lowest BCUT2D eigenvalue weighted by atomic mass is 9.97. The van der Waals surface area contributed by atoms with Gasteiger partial charge < -0.3 is 15.6 Å². The van der Waals surface area contributed by atoms with Crippen LogP contribution in [0.3, 0.4) is 0 Å². The molecule has 140 valence electrons. The molecule has 3 N–H and O–H groups in total. The molecule has 1 atom stereocenters. The summed E-state index contributed by atoms with van der Waals surface area (Å²) >= 11 is 0. The normalized spacial score (nSPS) is 18.1. The number of amides is 2. The third kappa shape index (κ3) is 4.22. The van der Waals surface area contributed by atoms with Crippen LogP contribution in [0.4, 0.5) is 0 Å². The van der Waals surface area contributed by atoms with Crippen LogP contribution in [-0.2, 0) is 22.6 Å². The molecule has 1 aliphatic heterocycles. The molecule has 26 heavy (non-hydrogen) atoms. The van der Waals surface area contributed by atoms with E-state index in [-0.39, 0.29) is 24.3 Å². The molecule has 7 heteroatoms. The van der Waals surface area contributed by atoms with Gasteiger partial charge in [-0.3, -0.25) is 14.5 Å². The molecular formula is C19H27N5O2. The number of primary amides is 1. The molecular weight excluding hydrogens is 330 g/mol. The predicted octanol–water partition coefficient (Wildman–Crippen LogP) is 0.912. The summed E-state index contributed by atoms with van der Waals surface area (Å²) in [7, 11) is 0. The first-order valence-electron chi connectivity index (χ1n) is 9.31. The second-order valence-corrected chi connectivity index (χ2v) is 6.84. The second-order valence-electron chi connectivity index (χ2n) is 6.84. The van der Waals surface area contributed by atoms with Crippen LogP contribution in [-0.4, -0.2) is 52.4 Å². The number of hydrogen-bond donors (Lipinski definition) is 2. The maximum absolute atomic E-state index is 12.5. The van der Waals surface area contributed by atoms with Gasteiger partial charge in [-0.25, -0.2) is 4.98 Å². The Kier molecular flexibility index (Phi) is 5.88. The van der Waals surface area contributed by atoms with Crippen molar-refractivity contribution >= 4 is 22.8 Å². The monoisotopic (exact) mass is 357 g/mol. The fourth-order valence-electron chi connectivity index (χ4n) is 3.74. The van der Waals surface area contributed by atoms with Gasteiger partial charge in [-0.1, -0.05) is 12.1 Å². The Bertz CT molecular complexity index is 785. The average Bonchev–Trinajstić information content (AvgIpc) is 2.98. The number of aryl methyl sites for hydroxylation is 1. The lowest BCUT2D eigenvalue weighted by Gasteiger charge is -2.30. The number of piperidine rings is 1. The molecule has 1 aromatic carbocycles. The Morgan fingerprint density at radius 2 is 2.15 bits per heavy atom. The summed E-state index contributed by atoms with van der Waals surface area (Å²) in [6, 6.07) is 8.09. The largest absolute Gasteiger partial charge is 0.369 e. The molecule has 2 amide bonds. The predicted molar refractivity (Wildman–Crippen MR) is 100 cm³/mol. The minimum absolute atomic E-state index is 0.0540. The van der Waals surface area contributed by atoms with Crippen molar-refractivity contribution in [2.45, 2.75) is 32.7 Å². The van der Waals surface area contributed by atoms with E-state index in [0.29, 0.717) is 19.5 Å². The third-order valence-electron chi connectivity index (χ3n) is 4.95. The molecule has 0 radical (unpaired) electrons. The molecule has 7 nitrogen and oxygen atoms in total. The number of aromatic nitrogens is 2. The maximum Gasteiger partial charge on any atom is 0.231 e. The van der Waals surface area contributed by atoms with E-state index in [1.165, 1.54) is 0 Å². The zero-order chi connectivity index (χ0) is 18.5. The number of fused-ring (bicyclic) bond motifs is 1. The third-order valence-corrected chi connectivity index (χ3v) is 4.95. The molecule has 0 unspecified atom stereocenters. The van der Waals surface area contributed by atoms with E-state index in [0.717, 1.165) is 42.8 Å². The number of likely N-dealkylation sites (tertiary alicyclic amines) is 1. The molecule has 1 aliphatic rings. The van der Waals surface area contributed by atoms with E-state index in [2.05, 4.69) is 27.9 Å². The molecule has 1 saturated heterocycles. The van der Waals surface area contributed by atoms with Crippen LogP contribution in [0, 0.1) is 5.92 Å². The number of nitrogens with two attached hydrogens (primary N) is 1. The van der Waals surface area contributed by atoms with Gasteiger partial charge in [0.05, 0.1) is 23.5 Å². The zero-order valence-electron chi connectivity index (χ0n) is 15.3. The Hall–Kier alpha value is -2.41. The number of rotatable bonds is 7. The fourth-order valence-corrected chi connectivity index (χ4v) is 3.74. The Morgan fingerprint density at radius 3 is 2.92 bits per heavy atom. The van der Waals surface area contributed by atoms with Crippen LogP contribution in [0.1, 0.15) is 25.6 Å². The highest BCUT2D eigenvalue weighted by atomic mass is 16.2. The summed E-state index contributed by atoms with van der Waals surface area (Å²) in [6.07, 6.45) is 2.47. The van der Waals surface area contributed by atoms with Crippen LogP contribution in [0.15, 0.2) is 24.3 Å². The topological polar surface area (TPSA) is 93.3 Å². The molecule has 0 bridgehead atoms. The smallest absolute Gasteiger partial charge is 0.231 e. The van der Waals surface area contributed by atoms with Gasteiger partial charge in [-0.05, 0) is 38.4 Å². The van der Waals surface area contributed by atoms with Gasteiger partial charge in [0.1, 0.15) is 5.82 Å². The second kappa shape index (κ2) is 8.31. The molecule has 1 fully saturated rings. The van der Waals surface area contributed by atoms with Gasteiger partial charge in [0.2, 0.25) is 11.8 Å². The highest BCUT2D eigenvalue weighted by molar-refractivity contribution is 5.79. The number of nitrogens with zero attached hydrogens (tertiary/aromatic N) is 3. The highest BCUT2D eigenvalue weighted by Gasteiger charge is 2.26. The van der Waals surface area contributed by atoms with Gasteiger partial charge >= 0.3 is 0 Å². The van der Waals surface area contributed by atoms with Crippen molar-refractivity contribution in [1.82, 2.24) is 19.8 Å². The number of hydrogen-bond acceptors (Lipinski definition) is 4. The Morgan fingerprint density at radius 1 is 1.35 bits per heavy atom. The van der Waals surface area contributed by atoms with Gasteiger partial charge in [0.25, 0.3) is 0 Å². The molecule has 0 aliphatic carbocycles. The van der Waals surface area contributed by atoms with E-state index in [1.54, 1.807) is 0 Å². The summed E-state index contributed by atoms with van der Waals surface area (Å²) < 4.78 is 2.19. The summed E-state index contributed by atoms with van der Waals surface area (Å²) in [4.78, 5) is 30.2. The lowest BCUT2D eigenvalue weighted by molar-refractivity contribution is -0.128. The van der Waals surface area contributed by atoms with Crippen molar-refractivity contribution in [3.8, 4) is 0 Å². The van der Waals surface area contributed by atoms with Gasteiger partial charge in [0, 0.05) is 26.1 Å². The first-order chi connectivity index (χ1) is 12.6. The van der Waals surface area contributed by atoms with Crippen molar-refractivity contribution in [2.75, 3.05) is 26.2 Å². The van der Waals surface area contributed by atoms with Crippen molar-refractivity contribution < 1.29 is 9.59 Å². The zero-order valence-corrected chi connectivity index (χ0v) is 15.3. The minimum atomic E-state index is -0.343. The van der Waals surface area contributed by atoms with E-state index in [1.807, 2.05) is 23.1 Å². The molecule has 1 aromatic heterocycles. The average molecular weight is 357 g/mol. The van der Waals surface area contributed by atoms with Crippen LogP contribution >= 0.6 is 0 Å². The number of imidazole rings is 1. The molecule has 2 heterocycles. The number of nitrogens with one attached hydrogen (secondary N) is 1. The SMILES string of the molecule is CCn1c(CCNC(=O)[C@@H]2CCCN(CC(N)=O)C2)nc2ccccc21. The molecule has 0 spiro atoms. The van der Waals surface area contributed by atoms with Crippen molar-refractivity contribution in [3.05, 3.63) is 30.1 Å². The van der Waals surface area contributed by atoms with Crippen LogP contribution in [0.5, 0.6) is 0 Å². The van der Waals surface area contributed by atoms with E-state index >= 15 is 0 Å². The molecule has 3 rings (SSSR count). The lowest BCUT2D eigenvalue weighted by Crippen LogP contribution is -2.46. The standard InChI is InChI=1S/C19H27N5O2/c1-2-24-16-8-4-3-7-15(16)22-18(24)9-10-21-19(26)14-6-5-11-23(12-14)13-17(20)25/h3-4,7-8,14H,2,5-6,9-13H2,1H3,(H2,20,25)(H,21,26)/t14-/m1/s1. The van der Waals surface area contributed by atoms with E-state index < -0.39 is 0 Å². The molecule has 0 saturated carbocycles. The quantitative estimate of drug-likeness (QED) is 0.770. The van der Waals surface area contributed by atoms with Gasteiger partial charge in [-0.2, -0.15) is 0 Å². The summed E-state index contributed by atoms with van der Waals surface area (Å²) in [5.41, 5.74) is 7.38. The van der Waals surface area contributed by atoms with Crippen molar-refractivity contribution in [1.29, 1.82) is 0 Å². The fraction of sp³-hybridized carbons (Fsp3) is 0.526. The van der Waals surface area contributed by atoms with Gasteiger partial charge in [0.15, 0.2) is 0 Å². The van der Waals surface area contributed by atoms with Gasteiger partial charge in [-0.15, -0.1) is 0 Å². The number of benzene rings is 1. The first kappa shape index (κ1) is 18.4. The van der Waals surface area contributed by atoms with E-state index in [4.69, 9.17) is 5.73 Å². The van der Waals surface area contributed by atoms with Crippen molar-refractivity contribution in [2.24, 2.45) is 11.7 Å². The van der Waals surface area contributed by atoms with Crippen LogP contribution in [0.25, 0.3) is 11.0 Å². The minimum Gasteiger partial charge on any atom is -0.369 e. The van der Waals surface area contributed by atoms with Crippen LogP contribution < -0.4 is 11.1 Å². The Balaban J connectivity index is 1.54. The highest BCUT2D eigenvalue weighted by Crippen LogP contribution is 2.17. The summed E-state index contributed by atoms with van der Waals surface area (Å²) in [5, 5.41) is 3.04. The van der Waals surface area contributed by atoms with Crippen molar-refractivity contribution in [3.63, 3.8) is 0 Å². The Labute approximate surface area is 153 Å². The van der Waals surface area contributed by atoms with Crippen LogP contribution in [0.2, 0.25) is 0 Å². The maximum atomic E-state index is 12.5. The molecule has 2 aromatic rings. The summed E-state index contributed by atoms with van der Waals surface area (Å²) in [5.74, 6) is 0.629. The number of carbonyl (C=O) groups is 2. The summed E-state index contributed by atoms with van der Waals surface area (Å²) in [6.45, 7) is 5.17. The first-order valence-corrected chi connectivity index (χ1v) is 9.31. The number of para-hydroxylation sites is 2. The number of carbonyl (C=O) groups excluding carboxylic acids is 2. The van der Waals surface area contributed by atoms with E-state index in [9.17, 15) is 9.59 Å².